The van der Waals surface area contributed by atoms with Gasteiger partial charge in [-0.25, -0.2) is 0 Å². The maximum Gasteiger partial charge on any atom is 0.243 e. The summed E-state index contributed by atoms with van der Waals surface area (Å²) in [6.45, 7) is 4.23. The fourth-order valence-corrected chi connectivity index (χ4v) is 4.64. The molecule has 3 rings (SSSR count). The molecule has 2 aliphatic heterocycles. The molecule has 0 bridgehead atoms. The second kappa shape index (κ2) is 8.13. The predicted molar refractivity (Wildman–Crippen MR) is 104 cm³/mol. The van der Waals surface area contributed by atoms with Crippen LogP contribution >= 0.6 is 0 Å². The van der Waals surface area contributed by atoms with Gasteiger partial charge < -0.3 is 15.5 Å². The van der Waals surface area contributed by atoms with Crippen molar-refractivity contribution < 1.29 is 14.4 Å². The Labute approximate surface area is 162 Å². The second-order valence-electron chi connectivity index (χ2n) is 8.58. The number of hydrogen-bond donors (Lipinski definition) is 2. The highest BCUT2D eigenvalue weighted by Gasteiger charge is 2.58. The Morgan fingerprint density at radius 3 is 2.78 bits per heavy atom. The van der Waals surface area contributed by atoms with Gasteiger partial charge in [-0.15, -0.1) is 0 Å². The van der Waals surface area contributed by atoms with E-state index >= 15 is 0 Å². The molecular weight excluding hydrogens is 342 g/mol. The molecule has 0 unspecified atom stereocenters. The number of fused-ring (bicyclic) bond motifs is 2. The van der Waals surface area contributed by atoms with E-state index in [2.05, 4.69) is 29.7 Å². The number of nitrogens with one attached hydrogen (secondary N) is 2. The molecule has 0 aromatic heterocycles. The predicted octanol–water partition coefficient (Wildman–Crippen LogP) is 1.80. The minimum atomic E-state index is -0.767. The fourth-order valence-electron chi connectivity index (χ4n) is 4.64. The molecular formula is C21H33N3O3. The minimum Gasteiger partial charge on any atom is -0.341 e. The summed E-state index contributed by atoms with van der Waals surface area (Å²) in [5, 5.41) is 6.17. The average Bonchev–Trinajstić information content (AvgIpc) is 3.18. The van der Waals surface area contributed by atoms with Crippen molar-refractivity contribution in [2.24, 2.45) is 11.8 Å². The van der Waals surface area contributed by atoms with E-state index in [1.54, 1.807) is 11.8 Å². The van der Waals surface area contributed by atoms with Gasteiger partial charge in [-0.2, -0.15) is 0 Å². The maximum absolute atomic E-state index is 13.1. The Balaban J connectivity index is 1.84. The zero-order chi connectivity index (χ0) is 19.6. The number of allylic oxidation sites excluding steroid dienone is 1. The third-order valence-electron chi connectivity index (χ3n) is 6.46. The summed E-state index contributed by atoms with van der Waals surface area (Å²) in [6.07, 6.45) is 10.5. The van der Waals surface area contributed by atoms with Crippen molar-refractivity contribution in [1.82, 2.24) is 15.5 Å². The highest BCUT2D eigenvalue weighted by atomic mass is 16.2. The molecule has 2 heterocycles. The van der Waals surface area contributed by atoms with Gasteiger partial charge in [0.25, 0.3) is 0 Å². The number of carbonyl (C=O) groups excluding carboxylic acids is 3. The third kappa shape index (κ3) is 4.10. The third-order valence-corrected chi connectivity index (χ3v) is 6.46. The fraction of sp³-hybridized carbons (Fsp3) is 0.762. The number of rotatable bonds is 2. The molecule has 1 aliphatic carbocycles. The SMILES string of the molecule is CN[C@H]1CCCCC/C=C\[C@@H]2C[C@@]2(C(C)=O)NC(=O)[C@@H]2C[C@@H](C)CN2C1=O. The maximum atomic E-state index is 13.1. The Hall–Kier alpha value is -1.69. The Morgan fingerprint density at radius 1 is 1.30 bits per heavy atom. The molecule has 1 saturated carbocycles. The van der Waals surface area contributed by atoms with E-state index in [1.807, 2.05) is 7.05 Å². The monoisotopic (exact) mass is 375 g/mol. The quantitative estimate of drug-likeness (QED) is 0.722. The first-order chi connectivity index (χ1) is 12.9. The molecule has 150 valence electrons. The lowest BCUT2D eigenvalue weighted by atomic mass is 10.0. The highest BCUT2D eigenvalue weighted by molar-refractivity contribution is 5.98. The van der Waals surface area contributed by atoms with Gasteiger partial charge in [0.2, 0.25) is 11.8 Å². The second-order valence-corrected chi connectivity index (χ2v) is 8.58. The van der Waals surface area contributed by atoms with Gasteiger partial charge >= 0.3 is 0 Å². The molecule has 2 N–H and O–H groups in total. The van der Waals surface area contributed by atoms with Crippen LogP contribution in [0.15, 0.2) is 12.2 Å². The number of ketones is 1. The smallest absolute Gasteiger partial charge is 0.243 e. The topological polar surface area (TPSA) is 78.5 Å². The van der Waals surface area contributed by atoms with Gasteiger partial charge in [0, 0.05) is 12.5 Å². The zero-order valence-electron chi connectivity index (χ0n) is 16.8. The van der Waals surface area contributed by atoms with Crippen LogP contribution in [0.1, 0.15) is 58.8 Å². The number of amides is 2. The largest absolute Gasteiger partial charge is 0.341 e. The lowest BCUT2D eigenvalue weighted by Crippen LogP contribution is -2.55. The van der Waals surface area contributed by atoms with E-state index < -0.39 is 11.6 Å². The van der Waals surface area contributed by atoms with Crippen LogP contribution in [0, 0.1) is 11.8 Å². The van der Waals surface area contributed by atoms with Crippen LogP contribution in [0.25, 0.3) is 0 Å². The average molecular weight is 376 g/mol. The Kier molecular flexibility index (Phi) is 6.04. The summed E-state index contributed by atoms with van der Waals surface area (Å²) in [5.74, 6) is 0.205. The Morgan fingerprint density at radius 2 is 2.07 bits per heavy atom. The zero-order valence-corrected chi connectivity index (χ0v) is 16.8. The van der Waals surface area contributed by atoms with Gasteiger partial charge in [0.1, 0.15) is 11.6 Å². The molecule has 0 aromatic rings. The first kappa shape index (κ1) is 20.1. The number of nitrogens with zero attached hydrogens (tertiary/aromatic N) is 1. The number of Topliss-reactive ketones (excluding diaryl/α,β-unsaturated/α-hetero) is 1. The van der Waals surface area contributed by atoms with Crippen molar-refractivity contribution in [3.63, 3.8) is 0 Å². The van der Waals surface area contributed by atoms with Crippen molar-refractivity contribution in [3.8, 4) is 0 Å². The standard InChI is InChI=1S/C21H33N3O3/c1-14-11-18-19(26)23-21(15(2)25)12-16(21)9-7-5-4-6-8-10-17(22-3)20(27)24(18)13-14/h7,9,14,16-18,22H,4-6,8,10-13H2,1-3H3,(H,23,26)/b9-7-/t14-,16-,17+,18+,21+/m1/s1. The molecule has 0 aromatic carbocycles. The molecule has 5 atom stereocenters. The summed E-state index contributed by atoms with van der Waals surface area (Å²) < 4.78 is 0. The number of carbonyl (C=O) groups is 3. The first-order valence-electron chi connectivity index (χ1n) is 10.4. The van der Waals surface area contributed by atoms with Crippen molar-refractivity contribution >= 4 is 17.6 Å². The lowest BCUT2D eigenvalue weighted by Gasteiger charge is -2.29. The summed E-state index contributed by atoms with van der Waals surface area (Å²) in [5.41, 5.74) is -0.767. The normalized spacial score (nSPS) is 38.9. The molecule has 3 aliphatic rings. The molecule has 1 saturated heterocycles. The van der Waals surface area contributed by atoms with Crippen LogP contribution in [-0.2, 0) is 14.4 Å². The van der Waals surface area contributed by atoms with E-state index in [1.165, 1.54) is 0 Å². The van der Waals surface area contributed by atoms with Crippen molar-refractivity contribution in [1.29, 1.82) is 0 Å². The van der Waals surface area contributed by atoms with Crippen LogP contribution < -0.4 is 10.6 Å². The summed E-state index contributed by atoms with van der Waals surface area (Å²) in [6, 6.07) is -0.725. The van der Waals surface area contributed by atoms with E-state index in [0.29, 0.717) is 19.4 Å². The van der Waals surface area contributed by atoms with Crippen LogP contribution in [0.4, 0.5) is 0 Å². The van der Waals surface area contributed by atoms with Gasteiger partial charge in [-0.05, 0) is 52.0 Å². The van der Waals surface area contributed by atoms with Crippen LogP contribution in [0.3, 0.4) is 0 Å². The number of likely N-dealkylation sites (N-methyl/N-ethyl adjacent to an activating group) is 1. The lowest BCUT2D eigenvalue weighted by molar-refractivity contribution is -0.141. The molecule has 6 heteroatoms. The van der Waals surface area contributed by atoms with Crippen molar-refractivity contribution in [3.05, 3.63) is 12.2 Å². The van der Waals surface area contributed by atoms with E-state index in [9.17, 15) is 14.4 Å². The molecule has 27 heavy (non-hydrogen) atoms. The highest BCUT2D eigenvalue weighted by Crippen LogP contribution is 2.46. The van der Waals surface area contributed by atoms with Crippen LogP contribution in [-0.4, -0.2) is 53.7 Å². The van der Waals surface area contributed by atoms with Crippen molar-refractivity contribution in [2.45, 2.75) is 76.4 Å². The van der Waals surface area contributed by atoms with Gasteiger partial charge in [0.15, 0.2) is 5.78 Å². The summed E-state index contributed by atoms with van der Waals surface area (Å²) in [7, 11) is 1.81. The molecule has 2 amide bonds. The summed E-state index contributed by atoms with van der Waals surface area (Å²) >= 11 is 0. The first-order valence-corrected chi connectivity index (χ1v) is 10.4. The van der Waals surface area contributed by atoms with E-state index in [4.69, 9.17) is 0 Å². The Bertz CT molecular complexity index is 632. The van der Waals surface area contributed by atoms with Gasteiger partial charge in [0.05, 0.1) is 6.04 Å². The number of hydrogen-bond acceptors (Lipinski definition) is 4. The van der Waals surface area contributed by atoms with Crippen LogP contribution in [0.5, 0.6) is 0 Å². The molecule has 0 spiro atoms. The van der Waals surface area contributed by atoms with Gasteiger partial charge in [-0.3, -0.25) is 14.4 Å². The van der Waals surface area contributed by atoms with E-state index in [0.717, 1.165) is 32.1 Å². The molecule has 2 fully saturated rings. The molecule has 6 nitrogen and oxygen atoms in total. The van der Waals surface area contributed by atoms with Crippen molar-refractivity contribution in [2.75, 3.05) is 13.6 Å². The van der Waals surface area contributed by atoms with Gasteiger partial charge in [-0.1, -0.05) is 31.9 Å². The summed E-state index contributed by atoms with van der Waals surface area (Å²) in [4.78, 5) is 40.2. The molecule has 0 radical (unpaired) electrons. The van der Waals surface area contributed by atoms with E-state index in [-0.39, 0.29) is 35.5 Å². The van der Waals surface area contributed by atoms with Crippen LogP contribution in [0.2, 0.25) is 0 Å². The minimum absolute atomic E-state index is 0.00633.